The maximum atomic E-state index is 13.0. The van der Waals surface area contributed by atoms with E-state index in [1.807, 2.05) is 12.1 Å². The summed E-state index contributed by atoms with van der Waals surface area (Å²) in [5, 5.41) is 3.55. The number of nitrogens with one attached hydrogen (secondary N) is 1. The van der Waals surface area contributed by atoms with Gasteiger partial charge < -0.3 is 10.1 Å². The lowest BCUT2D eigenvalue weighted by Crippen LogP contribution is -2.26. The predicted octanol–water partition coefficient (Wildman–Crippen LogP) is 3.09. The van der Waals surface area contributed by atoms with Gasteiger partial charge in [-0.05, 0) is 49.8 Å². The van der Waals surface area contributed by atoms with E-state index in [9.17, 15) is 4.39 Å². The summed E-state index contributed by atoms with van der Waals surface area (Å²) in [5.41, 5.74) is 1.19. The third kappa shape index (κ3) is 4.07. The minimum Gasteiger partial charge on any atom is -0.382 e. The number of ether oxygens (including phenoxy) is 1. The third-order valence-electron chi connectivity index (χ3n) is 3.59. The number of rotatable bonds is 7. The maximum Gasteiger partial charge on any atom is 0.123 e. The normalized spacial score (nSPS) is 18.6. The zero-order valence-electron chi connectivity index (χ0n) is 11.2. The summed E-state index contributed by atoms with van der Waals surface area (Å²) in [5.74, 6) is 0.216. The van der Waals surface area contributed by atoms with E-state index in [1.165, 1.54) is 30.5 Å². The van der Waals surface area contributed by atoms with Crippen LogP contribution in [0.5, 0.6) is 0 Å². The Hall–Kier alpha value is -0.930. The second-order valence-electron chi connectivity index (χ2n) is 5.21. The van der Waals surface area contributed by atoms with Gasteiger partial charge in [0.05, 0.1) is 6.10 Å². The average Bonchev–Trinajstić information content (AvgIpc) is 3.19. The number of hydrogen-bond acceptors (Lipinski definition) is 2. The van der Waals surface area contributed by atoms with Crippen molar-refractivity contribution in [2.24, 2.45) is 0 Å². The van der Waals surface area contributed by atoms with Crippen molar-refractivity contribution in [3.8, 4) is 0 Å². The fraction of sp³-hybridized carbons (Fsp3) is 0.600. The molecule has 2 nitrogen and oxygen atoms in total. The molecule has 0 amide bonds. The highest BCUT2D eigenvalue weighted by Gasteiger charge is 2.23. The van der Waals surface area contributed by atoms with Crippen molar-refractivity contribution in [2.45, 2.75) is 44.2 Å². The van der Waals surface area contributed by atoms with Crippen molar-refractivity contribution in [2.75, 3.05) is 13.7 Å². The molecular weight excluding hydrogens is 229 g/mol. The minimum atomic E-state index is -0.174. The smallest absolute Gasteiger partial charge is 0.123 e. The molecule has 1 aliphatic rings. The van der Waals surface area contributed by atoms with Gasteiger partial charge in [-0.1, -0.05) is 12.1 Å². The standard InChI is InChI=1S/C15H22FNO/c1-11(18-2)9-13(10-17-15-7-8-15)12-3-5-14(16)6-4-12/h3-6,11,13,15,17H,7-10H2,1-2H3. The molecule has 0 aromatic heterocycles. The molecular formula is C15H22FNO. The second-order valence-corrected chi connectivity index (χ2v) is 5.21. The number of methoxy groups -OCH3 is 1. The van der Waals surface area contributed by atoms with Crippen LogP contribution in [-0.2, 0) is 4.74 Å². The van der Waals surface area contributed by atoms with Gasteiger partial charge in [0.15, 0.2) is 0 Å². The van der Waals surface area contributed by atoms with Crippen molar-refractivity contribution in [3.05, 3.63) is 35.6 Å². The first kappa shape index (κ1) is 13.5. The molecule has 1 aliphatic carbocycles. The van der Waals surface area contributed by atoms with E-state index in [0.29, 0.717) is 12.0 Å². The van der Waals surface area contributed by atoms with Gasteiger partial charge in [0.2, 0.25) is 0 Å². The summed E-state index contributed by atoms with van der Waals surface area (Å²) in [6.45, 7) is 3.03. The Morgan fingerprint density at radius 1 is 1.33 bits per heavy atom. The summed E-state index contributed by atoms with van der Waals surface area (Å²) >= 11 is 0. The zero-order chi connectivity index (χ0) is 13.0. The Bertz CT molecular complexity index is 361. The van der Waals surface area contributed by atoms with Crippen LogP contribution < -0.4 is 5.32 Å². The van der Waals surface area contributed by atoms with E-state index in [1.54, 1.807) is 7.11 Å². The Kier molecular flexibility index (Phi) is 4.72. The zero-order valence-corrected chi connectivity index (χ0v) is 11.2. The monoisotopic (exact) mass is 251 g/mol. The third-order valence-corrected chi connectivity index (χ3v) is 3.59. The van der Waals surface area contributed by atoms with Crippen LogP contribution in [0, 0.1) is 5.82 Å². The van der Waals surface area contributed by atoms with Crippen LogP contribution in [0.4, 0.5) is 4.39 Å². The lowest BCUT2D eigenvalue weighted by molar-refractivity contribution is 0.104. The molecule has 1 fully saturated rings. The van der Waals surface area contributed by atoms with Gasteiger partial charge in [-0.3, -0.25) is 0 Å². The lowest BCUT2D eigenvalue weighted by atomic mass is 9.93. The van der Waals surface area contributed by atoms with E-state index < -0.39 is 0 Å². The van der Waals surface area contributed by atoms with Gasteiger partial charge >= 0.3 is 0 Å². The van der Waals surface area contributed by atoms with Crippen molar-refractivity contribution in [3.63, 3.8) is 0 Å². The maximum absolute atomic E-state index is 13.0. The molecule has 1 saturated carbocycles. The van der Waals surface area contributed by atoms with Crippen LogP contribution >= 0.6 is 0 Å². The molecule has 0 aliphatic heterocycles. The average molecular weight is 251 g/mol. The van der Waals surface area contributed by atoms with Gasteiger partial charge in [0.25, 0.3) is 0 Å². The highest BCUT2D eigenvalue weighted by atomic mass is 19.1. The van der Waals surface area contributed by atoms with Gasteiger partial charge in [-0.15, -0.1) is 0 Å². The molecule has 3 heteroatoms. The molecule has 1 N–H and O–H groups in total. The molecule has 2 rings (SSSR count). The summed E-state index contributed by atoms with van der Waals surface area (Å²) in [7, 11) is 1.74. The van der Waals surface area contributed by atoms with E-state index >= 15 is 0 Å². The van der Waals surface area contributed by atoms with Crippen LogP contribution in [0.3, 0.4) is 0 Å². The molecule has 2 unspecified atom stereocenters. The molecule has 0 bridgehead atoms. The molecule has 1 aromatic rings. The van der Waals surface area contributed by atoms with Crippen LogP contribution in [0.25, 0.3) is 0 Å². The van der Waals surface area contributed by atoms with Crippen molar-refractivity contribution in [1.29, 1.82) is 0 Å². The molecule has 1 aromatic carbocycles. The Labute approximate surface area is 109 Å². The van der Waals surface area contributed by atoms with Crippen LogP contribution in [0.15, 0.2) is 24.3 Å². The molecule has 0 radical (unpaired) electrons. The summed E-state index contributed by atoms with van der Waals surface area (Å²) < 4.78 is 18.3. The molecule has 18 heavy (non-hydrogen) atoms. The van der Waals surface area contributed by atoms with Gasteiger partial charge in [0.1, 0.15) is 5.82 Å². The second kappa shape index (κ2) is 6.30. The largest absolute Gasteiger partial charge is 0.382 e. The quantitative estimate of drug-likeness (QED) is 0.804. The lowest BCUT2D eigenvalue weighted by Gasteiger charge is -2.21. The van der Waals surface area contributed by atoms with Crippen LogP contribution in [0.2, 0.25) is 0 Å². The molecule has 0 spiro atoms. The number of benzene rings is 1. The molecule has 100 valence electrons. The number of halogens is 1. The fourth-order valence-corrected chi connectivity index (χ4v) is 2.17. The molecule has 0 heterocycles. The predicted molar refractivity (Wildman–Crippen MR) is 71.3 cm³/mol. The fourth-order valence-electron chi connectivity index (χ4n) is 2.17. The van der Waals surface area contributed by atoms with Crippen LogP contribution in [0.1, 0.15) is 37.7 Å². The summed E-state index contributed by atoms with van der Waals surface area (Å²) in [6.07, 6.45) is 3.76. The highest BCUT2D eigenvalue weighted by molar-refractivity contribution is 5.21. The summed E-state index contributed by atoms with van der Waals surface area (Å²) in [6, 6.07) is 7.55. The molecule has 0 saturated heterocycles. The first-order valence-electron chi connectivity index (χ1n) is 6.70. The van der Waals surface area contributed by atoms with Gasteiger partial charge in [-0.2, -0.15) is 0 Å². The number of hydrogen-bond donors (Lipinski definition) is 1. The van der Waals surface area contributed by atoms with E-state index in [0.717, 1.165) is 13.0 Å². The van der Waals surface area contributed by atoms with E-state index in [4.69, 9.17) is 4.74 Å². The Morgan fingerprint density at radius 2 is 2.00 bits per heavy atom. The highest BCUT2D eigenvalue weighted by Crippen LogP contribution is 2.25. The van der Waals surface area contributed by atoms with E-state index in [-0.39, 0.29) is 11.9 Å². The molecule has 2 atom stereocenters. The summed E-state index contributed by atoms with van der Waals surface area (Å²) in [4.78, 5) is 0. The van der Waals surface area contributed by atoms with E-state index in [2.05, 4.69) is 12.2 Å². The SMILES string of the molecule is COC(C)CC(CNC1CC1)c1ccc(F)cc1. The first-order valence-corrected chi connectivity index (χ1v) is 6.70. The Balaban J connectivity index is 1.99. The van der Waals surface area contributed by atoms with Crippen molar-refractivity contribution >= 4 is 0 Å². The van der Waals surface area contributed by atoms with Crippen LogP contribution in [-0.4, -0.2) is 25.8 Å². The first-order chi connectivity index (χ1) is 8.69. The minimum absolute atomic E-state index is 0.174. The van der Waals surface area contributed by atoms with Crippen molar-refractivity contribution < 1.29 is 9.13 Å². The van der Waals surface area contributed by atoms with Gasteiger partial charge in [-0.25, -0.2) is 4.39 Å². The topological polar surface area (TPSA) is 21.3 Å². The Morgan fingerprint density at radius 3 is 2.56 bits per heavy atom. The van der Waals surface area contributed by atoms with Gasteiger partial charge in [0, 0.05) is 19.7 Å². The van der Waals surface area contributed by atoms with Crippen molar-refractivity contribution in [1.82, 2.24) is 5.32 Å².